The summed E-state index contributed by atoms with van der Waals surface area (Å²) in [5.41, 5.74) is 7.96. The molecular weight excluding hydrogens is 675 g/mol. The smallest absolute Gasteiger partial charge is 0.411 e. The minimum Gasteiger partial charge on any atom is -0.445 e. The summed E-state index contributed by atoms with van der Waals surface area (Å²) in [7, 11) is 3.91. The van der Waals surface area contributed by atoms with E-state index in [9.17, 15) is 9.59 Å². The zero-order chi connectivity index (χ0) is 37.0. The third-order valence-electron chi connectivity index (χ3n) is 10.3. The molecule has 2 aliphatic rings. The van der Waals surface area contributed by atoms with Gasteiger partial charge in [0.15, 0.2) is 0 Å². The van der Waals surface area contributed by atoms with E-state index in [1.165, 1.54) is 0 Å². The van der Waals surface area contributed by atoms with Gasteiger partial charge in [-0.25, -0.2) is 14.8 Å². The van der Waals surface area contributed by atoms with Gasteiger partial charge in [-0.2, -0.15) is 0 Å². The number of hydrogen-bond donors (Lipinski definition) is 2. The number of carbonyl (C=O) groups excluding carboxylic acids is 2. The second-order valence-corrected chi connectivity index (χ2v) is 14.1. The van der Waals surface area contributed by atoms with Gasteiger partial charge in [-0.05, 0) is 60.3 Å². The fourth-order valence-corrected chi connectivity index (χ4v) is 7.49. The van der Waals surface area contributed by atoms with Gasteiger partial charge in [0, 0.05) is 13.1 Å². The maximum Gasteiger partial charge on any atom is 0.411 e. The fourth-order valence-electron chi connectivity index (χ4n) is 7.49. The Hall–Kier alpha value is -6.26. The van der Waals surface area contributed by atoms with Crippen LogP contribution < -0.4 is 0 Å². The number of aromatic nitrogens is 4. The number of aromatic amines is 2. The van der Waals surface area contributed by atoms with Crippen molar-refractivity contribution >= 4 is 12.0 Å². The Morgan fingerprint density at radius 1 is 0.759 bits per heavy atom. The number of H-pyrrole nitrogens is 2. The van der Waals surface area contributed by atoms with Gasteiger partial charge >= 0.3 is 6.09 Å². The summed E-state index contributed by atoms with van der Waals surface area (Å²) >= 11 is 0. The molecular formula is C44H43N7O3. The number of amides is 2. The average molecular weight is 718 g/mol. The second kappa shape index (κ2) is 15.4. The van der Waals surface area contributed by atoms with Gasteiger partial charge in [-0.15, -0.1) is 0 Å². The first kappa shape index (κ1) is 34.8. The SMILES string of the molecule is CN(C)[C@@H](C(=O)N1CCC[C@H]1c1ncc(-c2ccc(-c3ccc(-c4cnc([C@@H]5C=CCN5C(=O)OCc5ccccc5)[nH]4)cc3)cc2)[nH]1)c1ccccc1. The molecule has 272 valence electrons. The monoisotopic (exact) mass is 717 g/mol. The van der Waals surface area contributed by atoms with Crippen LogP contribution in [0.3, 0.4) is 0 Å². The van der Waals surface area contributed by atoms with Crippen molar-refractivity contribution in [2.75, 3.05) is 27.2 Å². The summed E-state index contributed by atoms with van der Waals surface area (Å²) in [5, 5.41) is 0. The first-order valence-electron chi connectivity index (χ1n) is 18.4. The maximum absolute atomic E-state index is 13.9. The van der Waals surface area contributed by atoms with Crippen LogP contribution in [-0.4, -0.2) is 73.8 Å². The van der Waals surface area contributed by atoms with Crippen LogP contribution in [-0.2, 0) is 16.1 Å². The number of rotatable bonds is 10. The van der Waals surface area contributed by atoms with Crippen molar-refractivity contribution in [2.45, 2.75) is 37.6 Å². The van der Waals surface area contributed by atoms with Gasteiger partial charge < -0.3 is 19.6 Å². The van der Waals surface area contributed by atoms with E-state index in [0.717, 1.165) is 63.4 Å². The van der Waals surface area contributed by atoms with Crippen LogP contribution in [0.2, 0.25) is 0 Å². The van der Waals surface area contributed by atoms with Gasteiger partial charge in [-0.3, -0.25) is 14.6 Å². The molecule has 1 saturated heterocycles. The molecule has 0 bridgehead atoms. The van der Waals surface area contributed by atoms with Crippen LogP contribution in [0.4, 0.5) is 4.79 Å². The van der Waals surface area contributed by atoms with Gasteiger partial charge in [0.1, 0.15) is 30.3 Å². The predicted octanol–water partition coefficient (Wildman–Crippen LogP) is 8.35. The van der Waals surface area contributed by atoms with Crippen molar-refractivity contribution in [3.05, 3.63) is 157 Å². The number of ether oxygens (including phenoxy) is 1. The van der Waals surface area contributed by atoms with Crippen molar-refractivity contribution in [1.29, 1.82) is 0 Å². The van der Waals surface area contributed by atoms with Crippen LogP contribution in [0.5, 0.6) is 0 Å². The predicted molar refractivity (Wildman–Crippen MR) is 209 cm³/mol. The van der Waals surface area contributed by atoms with Crippen LogP contribution in [0, 0.1) is 0 Å². The molecule has 4 heterocycles. The molecule has 10 heteroatoms. The Morgan fingerprint density at radius 3 is 1.96 bits per heavy atom. The first-order valence-corrected chi connectivity index (χ1v) is 18.4. The molecule has 2 N–H and O–H groups in total. The van der Waals surface area contributed by atoms with E-state index in [2.05, 4.69) is 63.5 Å². The lowest BCUT2D eigenvalue weighted by molar-refractivity contribution is -0.137. The quantitative estimate of drug-likeness (QED) is 0.138. The highest BCUT2D eigenvalue weighted by Crippen LogP contribution is 2.36. The zero-order valence-electron chi connectivity index (χ0n) is 30.4. The summed E-state index contributed by atoms with van der Waals surface area (Å²) in [6.07, 6.45) is 9.06. The van der Waals surface area contributed by atoms with E-state index in [1.807, 2.05) is 109 Å². The molecule has 54 heavy (non-hydrogen) atoms. The molecule has 0 spiro atoms. The van der Waals surface area contributed by atoms with Crippen LogP contribution in [0.15, 0.2) is 134 Å². The van der Waals surface area contributed by atoms with E-state index in [-0.39, 0.29) is 36.7 Å². The number of imidazole rings is 2. The summed E-state index contributed by atoms with van der Waals surface area (Å²) in [4.78, 5) is 48.8. The number of carbonyl (C=O) groups is 2. The minimum atomic E-state index is -0.375. The number of benzene rings is 4. The van der Waals surface area contributed by atoms with E-state index < -0.39 is 0 Å². The molecule has 2 aromatic heterocycles. The highest BCUT2D eigenvalue weighted by molar-refractivity contribution is 5.84. The highest BCUT2D eigenvalue weighted by atomic mass is 16.6. The van der Waals surface area contributed by atoms with Crippen molar-refractivity contribution in [1.82, 2.24) is 34.6 Å². The Bertz CT molecular complexity index is 2230. The lowest BCUT2D eigenvalue weighted by atomic mass is 10.0. The van der Waals surface area contributed by atoms with Crippen LogP contribution in [0.25, 0.3) is 33.6 Å². The van der Waals surface area contributed by atoms with Crippen molar-refractivity contribution in [2.24, 2.45) is 0 Å². The van der Waals surface area contributed by atoms with E-state index >= 15 is 0 Å². The third-order valence-corrected chi connectivity index (χ3v) is 10.3. The number of nitrogens with one attached hydrogen (secondary N) is 2. The number of nitrogens with zero attached hydrogens (tertiary/aromatic N) is 5. The molecule has 6 aromatic rings. The van der Waals surface area contributed by atoms with E-state index in [1.54, 1.807) is 4.90 Å². The fraction of sp³-hybridized carbons (Fsp3) is 0.227. The molecule has 2 amide bonds. The van der Waals surface area contributed by atoms with Crippen LogP contribution in [0.1, 0.15) is 53.7 Å². The second-order valence-electron chi connectivity index (χ2n) is 14.1. The number of likely N-dealkylation sites (N-methyl/N-ethyl adjacent to an activating group) is 1. The van der Waals surface area contributed by atoms with Crippen molar-refractivity contribution in [3.63, 3.8) is 0 Å². The zero-order valence-corrected chi connectivity index (χ0v) is 30.4. The van der Waals surface area contributed by atoms with Crippen molar-refractivity contribution < 1.29 is 14.3 Å². The number of hydrogen-bond acceptors (Lipinski definition) is 6. The molecule has 4 aromatic carbocycles. The van der Waals surface area contributed by atoms with Gasteiger partial charge in [-0.1, -0.05) is 121 Å². The largest absolute Gasteiger partial charge is 0.445 e. The maximum atomic E-state index is 13.9. The first-order chi connectivity index (χ1) is 26.4. The molecule has 0 radical (unpaired) electrons. The van der Waals surface area contributed by atoms with Gasteiger partial charge in [0.2, 0.25) is 5.91 Å². The lowest BCUT2D eigenvalue weighted by Crippen LogP contribution is -2.40. The average Bonchev–Trinajstić information content (AvgIpc) is 4.05. The molecule has 8 rings (SSSR count). The van der Waals surface area contributed by atoms with Crippen molar-refractivity contribution in [3.8, 4) is 33.6 Å². The Kier molecular flexibility index (Phi) is 9.91. The molecule has 0 aliphatic carbocycles. The third kappa shape index (κ3) is 7.20. The Labute approximate surface area is 315 Å². The summed E-state index contributed by atoms with van der Waals surface area (Å²) in [6.45, 7) is 1.41. The van der Waals surface area contributed by atoms with E-state index in [4.69, 9.17) is 9.72 Å². The number of likely N-dealkylation sites (tertiary alicyclic amines) is 1. The summed E-state index contributed by atoms with van der Waals surface area (Å²) in [6, 6.07) is 35.7. The van der Waals surface area contributed by atoms with Gasteiger partial charge in [0.05, 0.1) is 29.8 Å². The molecule has 10 nitrogen and oxygen atoms in total. The highest BCUT2D eigenvalue weighted by Gasteiger charge is 2.37. The molecule has 3 atom stereocenters. The lowest BCUT2D eigenvalue weighted by Gasteiger charge is -2.31. The normalized spacial score (nSPS) is 17.3. The topological polar surface area (TPSA) is 110 Å². The molecule has 2 aliphatic heterocycles. The molecule has 1 fully saturated rings. The summed E-state index contributed by atoms with van der Waals surface area (Å²) < 4.78 is 5.59. The molecule has 0 saturated carbocycles. The van der Waals surface area contributed by atoms with E-state index in [0.29, 0.717) is 18.9 Å². The van der Waals surface area contributed by atoms with Gasteiger partial charge in [0.25, 0.3) is 0 Å². The standard InChI is InChI=1S/C44H43N7O3/c1-49(2)40(35-13-7-4-8-14-35)43(52)50-25-9-15-38(50)41-45-27-36(47-41)33-21-17-31(18-22-33)32-19-23-34(24-20-32)37-28-46-42(48-37)39-16-10-26-51(39)44(53)54-29-30-11-5-3-6-12-30/h3-8,10-14,16-24,27-28,38-40H,9,15,25-26,29H2,1-2H3,(H,45,47)(H,46,48)/t38-,39-,40+/m0/s1. The van der Waals surface area contributed by atoms with Crippen LogP contribution >= 0.6 is 0 Å². The Balaban J connectivity index is 0.910. The molecule has 0 unspecified atom stereocenters. The summed E-state index contributed by atoms with van der Waals surface area (Å²) in [5.74, 6) is 1.61. The Morgan fingerprint density at radius 2 is 1.33 bits per heavy atom. The minimum absolute atomic E-state index is 0.0869.